The van der Waals surface area contributed by atoms with E-state index in [1.165, 1.54) is 0 Å². The molecule has 0 bridgehead atoms. The van der Waals surface area contributed by atoms with Crippen molar-refractivity contribution in [2.75, 3.05) is 5.32 Å². The van der Waals surface area contributed by atoms with E-state index in [1.807, 2.05) is 38.1 Å². The average Bonchev–Trinajstić information content (AvgIpc) is 2.21. The standard InChI is InChI=1S/C12H17IN2O/c1-8(2)11(14)7-12(16)15-10-5-3-9(13)4-6-10/h3-6,8,11H,7,14H2,1-2H3,(H,15,16). The SMILES string of the molecule is CC(C)C(N)CC(=O)Nc1ccc(I)cc1. The lowest BCUT2D eigenvalue weighted by atomic mass is 10.0. The largest absolute Gasteiger partial charge is 0.327 e. The van der Waals surface area contributed by atoms with E-state index < -0.39 is 0 Å². The van der Waals surface area contributed by atoms with Crippen LogP contribution in [0.3, 0.4) is 0 Å². The zero-order valence-electron chi connectivity index (χ0n) is 9.53. The number of carbonyl (C=O) groups excluding carboxylic acids is 1. The lowest BCUT2D eigenvalue weighted by molar-refractivity contribution is -0.116. The quantitative estimate of drug-likeness (QED) is 0.833. The number of rotatable bonds is 4. The van der Waals surface area contributed by atoms with Crippen molar-refractivity contribution in [2.24, 2.45) is 11.7 Å². The van der Waals surface area contributed by atoms with E-state index in [1.54, 1.807) is 0 Å². The minimum Gasteiger partial charge on any atom is -0.327 e. The first-order chi connectivity index (χ1) is 7.49. The Morgan fingerprint density at radius 3 is 2.44 bits per heavy atom. The maximum atomic E-state index is 11.6. The van der Waals surface area contributed by atoms with Crippen molar-refractivity contribution in [3.8, 4) is 0 Å². The van der Waals surface area contributed by atoms with E-state index in [4.69, 9.17) is 5.73 Å². The second kappa shape index (κ2) is 6.20. The molecule has 0 fully saturated rings. The molecular formula is C12H17IN2O. The lowest BCUT2D eigenvalue weighted by Gasteiger charge is -2.14. The van der Waals surface area contributed by atoms with Crippen LogP contribution in [0.1, 0.15) is 20.3 Å². The van der Waals surface area contributed by atoms with Gasteiger partial charge in [0.1, 0.15) is 0 Å². The number of carbonyl (C=O) groups is 1. The van der Waals surface area contributed by atoms with Crippen LogP contribution in [-0.2, 0) is 4.79 Å². The highest BCUT2D eigenvalue weighted by Gasteiger charge is 2.12. The Bertz CT molecular complexity index is 349. The predicted molar refractivity (Wildman–Crippen MR) is 75.2 cm³/mol. The molecule has 4 heteroatoms. The molecule has 88 valence electrons. The molecule has 0 aliphatic heterocycles. The summed E-state index contributed by atoms with van der Waals surface area (Å²) < 4.78 is 1.15. The molecule has 1 aromatic carbocycles. The summed E-state index contributed by atoms with van der Waals surface area (Å²) in [6, 6.07) is 7.61. The van der Waals surface area contributed by atoms with Gasteiger partial charge in [0.15, 0.2) is 0 Å². The number of hydrogen-bond donors (Lipinski definition) is 2. The Morgan fingerprint density at radius 2 is 1.94 bits per heavy atom. The lowest BCUT2D eigenvalue weighted by Crippen LogP contribution is -2.31. The van der Waals surface area contributed by atoms with Crippen molar-refractivity contribution in [1.29, 1.82) is 0 Å². The van der Waals surface area contributed by atoms with Crippen LogP contribution in [0.15, 0.2) is 24.3 Å². The minimum absolute atomic E-state index is 0.0255. The van der Waals surface area contributed by atoms with E-state index in [2.05, 4.69) is 27.9 Å². The molecule has 3 nitrogen and oxygen atoms in total. The normalized spacial score (nSPS) is 12.6. The zero-order valence-corrected chi connectivity index (χ0v) is 11.7. The van der Waals surface area contributed by atoms with Gasteiger partial charge in [-0.2, -0.15) is 0 Å². The number of halogens is 1. The first-order valence-electron chi connectivity index (χ1n) is 5.30. The topological polar surface area (TPSA) is 55.1 Å². The van der Waals surface area contributed by atoms with Gasteiger partial charge in [-0.25, -0.2) is 0 Å². The van der Waals surface area contributed by atoms with E-state index >= 15 is 0 Å². The van der Waals surface area contributed by atoms with E-state index in [0.29, 0.717) is 12.3 Å². The van der Waals surface area contributed by atoms with Crippen LogP contribution in [0.4, 0.5) is 5.69 Å². The van der Waals surface area contributed by atoms with Crippen molar-refractivity contribution < 1.29 is 4.79 Å². The predicted octanol–water partition coefficient (Wildman–Crippen LogP) is 2.60. The molecule has 0 aliphatic carbocycles. The summed E-state index contributed by atoms with van der Waals surface area (Å²) in [4.78, 5) is 11.6. The fourth-order valence-electron chi connectivity index (χ4n) is 1.20. The van der Waals surface area contributed by atoms with Gasteiger partial charge in [0.2, 0.25) is 5.91 Å². The fraction of sp³-hybridized carbons (Fsp3) is 0.417. The Labute approximate surface area is 110 Å². The number of benzene rings is 1. The molecule has 0 aromatic heterocycles. The van der Waals surface area contributed by atoms with Gasteiger partial charge >= 0.3 is 0 Å². The Hall–Kier alpha value is -0.620. The van der Waals surface area contributed by atoms with Crippen LogP contribution in [-0.4, -0.2) is 11.9 Å². The number of nitrogens with two attached hydrogens (primary N) is 1. The highest BCUT2D eigenvalue weighted by atomic mass is 127. The highest BCUT2D eigenvalue weighted by molar-refractivity contribution is 14.1. The molecule has 1 unspecified atom stereocenters. The third kappa shape index (κ3) is 4.49. The molecule has 1 amide bonds. The molecule has 1 rings (SSSR count). The summed E-state index contributed by atoms with van der Waals surface area (Å²) in [6.07, 6.45) is 0.365. The average molecular weight is 332 g/mol. The molecule has 0 radical (unpaired) electrons. The van der Waals surface area contributed by atoms with Gasteiger partial charge in [-0.1, -0.05) is 13.8 Å². The Kier molecular flexibility index (Phi) is 5.21. The van der Waals surface area contributed by atoms with Crippen LogP contribution in [0, 0.1) is 9.49 Å². The Morgan fingerprint density at radius 1 is 1.38 bits per heavy atom. The second-order valence-corrected chi connectivity index (χ2v) is 5.41. The van der Waals surface area contributed by atoms with Gasteiger partial charge in [-0.05, 0) is 52.8 Å². The molecule has 1 aromatic rings. The van der Waals surface area contributed by atoms with Gasteiger partial charge in [-0.3, -0.25) is 4.79 Å². The van der Waals surface area contributed by atoms with Crippen molar-refractivity contribution in [1.82, 2.24) is 0 Å². The van der Waals surface area contributed by atoms with E-state index in [-0.39, 0.29) is 11.9 Å². The molecule has 0 saturated carbocycles. The number of nitrogens with one attached hydrogen (secondary N) is 1. The van der Waals surface area contributed by atoms with Crippen LogP contribution < -0.4 is 11.1 Å². The maximum absolute atomic E-state index is 11.6. The molecule has 0 saturated heterocycles. The van der Waals surface area contributed by atoms with Gasteiger partial charge < -0.3 is 11.1 Å². The monoisotopic (exact) mass is 332 g/mol. The summed E-state index contributed by atoms with van der Waals surface area (Å²) >= 11 is 2.23. The van der Waals surface area contributed by atoms with Crippen LogP contribution >= 0.6 is 22.6 Å². The minimum atomic E-state index is -0.0798. The summed E-state index contributed by atoms with van der Waals surface area (Å²) in [5.74, 6) is 0.296. The Balaban J connectivity index is 2.48. The molecule has 16 heavy (non-hydrogen) atoms. The second-order valence-electron chi connectivity index (χ2n) is 4.17. The molecule has 0 aliphatic rings. The van der Waals surface area contributed by atoms with Gasteiger partial charge in [0.05, 0.1) is 0 Å². The van der Waals surface area contributed by atoms with Gasteiger partial charge in [0.25, 0.3) is 0 Å². The van der Waals surface area contributed by atoms with Crippen molar-refractivity contribution in [3.05, 3.63) is 27.8 Å². The summed E-state index contributed by atoms with van der Waals surface area (Å²) in [7, 11) is 0. The smallest absolute Gasteiger partial charge is 0.225 e. The van der Waals surface area contributed by atoms with E-state index in [0.717, 1.165) is 9.26 Å². The first kappa shape index (κ1) is 13.4. The zero-order chi connectivity index (χ0) is 12.1. The van der Waals surface area contributed by atoms with Crippen molar-refractivity contribution >= 4 is 34.2 Å². The maximum Gasteiger partial charge on any atom is 0.225 e. The number of amides is 1. The molecule has 3 N–H and O–H groups in total. The van der Waals surface area contributed by atoms with Crippen LogP contribution in [0.5, 0.6) is 0 Å². The van der Waals surface area contributed by atoms with Crippen molar-refractivity contribution in [3.63, 3.8) is 0 Å². The number of anilines is 1. The van der Waals surface area contributed by atoms with Gasteiger partial charge in [0, 0.05) is 21.7 Å². The van der Waals surface area contributed by atoms with Crippen molar-refractivity contribution in [2.45, 2.75) is 26.3 Å². The fourth-order valence-corrected chi connectivity index (χ4v) is 1.55. The summed E-state index contributed by atoms with van der Waals surface area (Å²) in [5, 5.41) is 2.83. The summed E-state index contributed by atoms with van der Waals surface area (Å²) in [6.45, 7) is 4.03. The third-order valence-corrected chi connectivity index (χ3v) is 3.12. The summed E-state index contributed by atoms with van der Waals surface area (Å²) in [5.41, 5.74) is 6.65. The molecule has 1 atom stereocenters. The highest BCUT2D eigenvalue weighted by Crippen LogP contribution is 2.12. The molecular weight excluding hydrogens is 315 g/mol. The van der Waals surface area contributed by atoms with Crippen LogP contribution in [0.25, 0.3) is 0 Å². The molecule has 0 spiro atoms. The third-order valence-electron chi connectivity index (χ3n) is 2.41. The first-order valence-corrected chi connectivity index (χ1v) is 6.38. The molecule has 0 heterocycles. The van der Waals surface area contributed by atoms with Gasteiger partial charge in [-0.15, -0.1) is 0 Å². The van der Waals surface area contributed by atoms with E-state index in [9.17, 15) is 4.79 Å². The van der Waals surface area contributed by atoms with Crippen LogP contribution in [0.2, 0.25) is 0 Å². The number of hydrogen-bond acceptors (Lipinski definition) is 2.